The van der Waals surface area contributed by atoms with E-state index in [-0.39, 0.29) is 10.6 Å². The molecule has 1 saturated carbocycles. The van der Waals surface area contributed by atoms with Crippen LogP contribution in [0.3, 0.4) is 0 Å². The number of para-hydroxylation sites is 1. The lowest BCUT2D eigenvalue weighted by molar-refractivity contribution is -0.385. The molecule has 20 heavy (non-hydrogen) atoms. The van der Waals surface area contributed by atoms with Crippen LogP contribution in [-0.2, 0) is 6.54 Å². The molecule has 6 nitrogen and oxygen atoms in total. The topological polar surface area (TPSA) is 79.6 Å². The van der Waals surface area contributed by atoms with Gasteiger partial charge in [-0.2, -0.15) is 0 Å². The highest BCUT2D eigenvalue weighted by Gasteiger charge is 2.17. The van der Waals surface area contributed by atoms with Crippen molar-refractivity contribution in [1.29, 1.82) is 0 Å². The summed E-state index contributed by atoms with van der Waals surface area (Å²) in [6, 6.07) is 7.22. The number of guanidine groups is 1. The van der Waals surface area contributed by atoms with Crippen LogP contribution in [0, 0.1) is 10.1 Å². The first kappa shape index (κ1) is 14.3. The molecule has 6 heteroatoms. The summed E-state index contributed by atoms with van der Waals surface area (Å²) in [7, 11) is 1.71. The molecule has 1 aliphatic carbocycles. The van der Waals surface area contributed by atoms with E-state index >= 15 is 0 Å². The van der Waals surface area contributed by atoms with Gasteiger partial charge in [0.1, 0.15) is 0 Å². The van der Waals surface area contributed by atoms with Gasteiger partial charge in [0, 0.05) is 31.3 Å². The van der Waals surface area contributed by atoms with Crippen molar-refractivity contribution in [3.8, 4) is 0 Å². The molecule has 0 unspecified atom stereocenters. The first-order chi connectivity index (χ1) is 9.70. The van der Waals surface area contributed by atoms with Crippen molar-refractivity contribution in [2.45, 2.75) is 38.3 Å². The summed E-state index contributed by atoms with van der Waals surface area (Å²) in [5, 5.41) is 17.4. The molecule has 0 saturated heterocycles. The average Bonchev–Trinajstić information content (AvgIpc) is 2.96. The monoisotopic (exact) mass is 276 g/mol. The van der Waals surface area contributed by atoms with Gasteiger partial charge in [-0.3, -0.25) is 15.1 Å². The highest BCUT2D eigenvalue weighted by Crippen LogP contribution is 2.18. The van der Waals surface area contributed by atoms with Gasteiger partial charge in [0.05, 0.1) is 4.92 Å². The van der Waals surface area contributed by atoms with Crippen molar-refractivity contribution in [2.75, 3.05) is 7.05 Å². The van der Waals surface area contributed by atoms with Crippen LogP contribution in [0.5, 0.6) is 0 Å². The van der Waals surface area contributed by atoms with Gasteiger partial charge in [-0.15, -0.1) is 0 Å². The third-order valence-corrected chi connectivity index (χ3v) is 3.55. The van der Waals surface area contributed by atoms with Crippen LogP contribution in [0.1, 0.15) is 31.2 Å². The number of aliphatic imine (C=N–C) groups is 1. The SMILES string of the molecule is CN=C(NCc1ccccc1[N+](=O)[O-])NC1CCCC1. The third-order valence-electron chi connectivity index (χ3n) is 3.55. The zero-order chi connectivity index (χ0) is 14.4. The van der Waals surface area contributed by atoms with E-state index in [9.17, 15) is 10.1 Å². The molecule has 0 bridgehead atoms. The molecule has 0 amide bonds. The minimum Gasteiger partial charge on any atom is -0.354 e. The average molecular weight is 276 g/mol. The van der Waals surface area contributed by atoms with E-state index < -0.39 is 0 Å². The second-order valence-corrected chi connectivity index (χ2v) is 4.94. The molecule has 0 aromatic heterocycles. The van der Waals surface area contributed by atoms with Crippen LogP contribution >= 0.6 is 0 Å². The van der Waals surface area contributed by atoms with Crippen LogP contribution < -0.4 is 10.6 Å². The molecule has 108 valence electrons. The van der Waals surface area contributed by atoms with E-state index in [1.54, 1.807) is 25.2 Å². The fraction of sp³-hybridized carbons (Fsp3) is 0.500. The van der Waals surface area contributed by atoms with Gasteiger partial charge >= 0.3 is 0 Å². The molecule has 0 heterocycles. The first-order valence-corrected chi connectivity index (χ1v) is 6.90. The molecule has 1 aromatic rings. The first-order valence-electron chi connectivity index (χ1n) is 6.90. The lowest BCUT2D eigenvalue weighted by Crippen LogP contribution is -2.42. The molecular weight excluding hydrogens is 256 g/mol. The van der Waals surface area contributed by atoms with Crippen LogP contribution in [0.25, 0.3) is 0 Å². The molecule has 2 rings (SSSR count). The van der Waals surface area contributed by atoms with Crippen molar-refractivity contribution in [3.63, 3.8) is 0 Å². The summed E-state index contributed by atoms with van der Waals surface area (Å²) in [6.07, 6.45) is 4.82. The summed E-state index contributed by atoms with van der Waals surface area (Å²) in [5.74, 6) is 0.704. The second-order valence-electron chi connectivity index (χ2n) is 4.94. The minimum atomic E-state index is -0.357. The minimum absolute atomic E-state index is 0.135. The summed E-state index contributed by atoms with van der Waals surface area (Å²) >= 11 is 0. The van der Waals surface area contributed by atoms with Crippen LogP contribution in [0.4, 0.5) is 5.69 Å². The second kappa shape index (κ2) is 6.88. The number of nitrogens with one attached hydrogen (secondary N) is 2. The van der Waals surface area contributed by atoms with Gasteiger partial charge in [0.15, 0.2) is 5.96 Å². The van der Waals surface area contributed by atoms with Crippen molar-refractivity contribution in [1.82, 2.24) is 10.6 Å². The van der Waals surface area contributed by atoms with Gasteiger partial charge in [-0.05, 0) is 12.8 Å². The van der Waals surface area contributed by atoms with Gasteiger partial charge in [0.25, 0.3) is 5.69 Å². The van der Waals surface area contributed by atoms with E-state index in [2.05, 4.69) is 15.6 Å². The molecule has 2 N–H and O–H groups in total. The predicted octanol–water partition coefficient (Wildman–Crippen LogP) is 2.20. The summed E-state index contributed by atoms with van der Waals surface area (Å²) in [6.45, 7) is 0.392. The van der Waals surface area contributed by atoms with Crippen LogP contribution in [0.15, 0.2) is 29.3 Å². The lowest BCUT2D eigenvalue weighted by Gasteiger charge is -2.16. The molecule has 0 atom stereocenters. The fourth-order valence-electron chi connectivity index (χ4n) is 2.48. The Bertz CT molecular complexity index is 496. The number of rotatable bonds is 4. The maximum absolute atomic E-state index is 10.9. The Balaban J connectivity index is 1.94. The molecule has 0 radical (unpaired) electrons. The number of hydrogen-bond acceptors (Lipinski definition) is 3. The zero-order valence-corrected chi connectivity index (χ0v) is 11.6. The van der Waals surface area contributed by atoms with Crippen LogP contribution in [-0.4, -0.2) is 24.0 Å². The quantitative estimate of drug-likeness (QED) is 0.382. The van der Waals surface area contributed by atoms with E-state index in [0.717, 1.165) is 12.8 Å². The van der Waals surface area contributed by atoms with Gasteiger partial charge in [-0.1, -0.05) is 31.0 Å². The maximum Gasteiger partial charge on any atom is 0.274 e. The normalized spacial score (nSPS) is 16.1. The smallest absolute Gasteiger partial charge is 0.274 e. The van der Waals surface area contributed by atoms with E-state index in [4.69, 9.17) is 0 Å². The van der Waals surface area contributed by atoms with Crippen molar-refractivity contribution < 1.29 is 4.92 Å². The number of nitro groups is 1. The molecular formula is C14H20N4O2. The Hall–Kier alpha value is -2.11. The molecule has 0 spiro atoms. The molecule has 1 aromatic carbocycles. The Labute approximate surface area is 118 Å². The largest absolute Gasteiger partial charge is 0.354 e. The van der Waals surface area contributed by atoms with Crippen molar-refractivity contribution >= 4 is 11.6 Å². The van der Waals surface area contributed by atoms with Crippen molar-refractivity contribution in [2.24, 2.45) is 4.99 Å². The van der Waals surface area contributed by atoms with Gasteiger partial charge < -0.3 is 10.6 Å². The molecule has 1 aliphatic rings. The number of nitrogens with zero attached hydrogens (tertiary/aromatic N) is 2. The Morgan fingerprint density at radius 3 is 2.75 bits per heavy atom. The van der Waals surface area contributed by atoms with Gasteiger partial charge in [0.2, 0.25) is 0 Å². The van der Waals surface area contributed by atoms with E-state index in [1.807, 2.05) is 0 Å². The molecule has 0 aliphatic heterocycles. The summed E-state index contributed by atoms with van der Waals surface area (Å²) < 4.78 is 0. The fourth-order valence-corrected chi connectivity index (χ4v) is 2.48. The Morgan fingerprint density at radius 1 is 1.40 bits per heavy atom. The Kier molecular flexibility index (Phi) is 4.92. The van der Waals surface area contributed by atoms with Crippen molar-refractivity contribution in [3.05, 3.63) is 39.9 Å². The number of hydrogen-bond donors (Lipinski definition) is 2. The van der Waals surface area contributed by atoms with E-state index in [0.29, 0.717) is 24.1 Å². The van der Waals surface area contributed by atoms with Crippen LogP contribution in [0.2, 0.25) is 0 Å². The summed E-state index contributed by atoms with van der Waals surface area (Å²) in [5.41, 5.74) is 0.795. The number of nitro benzene ring substituents is 1. The highest BCUT2D eigenvalue weighted by atomic mass is 16.6. The Morgan fingerprint density at radius 2 is 2.10 bits per heavy atom. The third kappa shape index (κ3) is 3.69. The van der Waals surface area contributed by atoms with E-state index in [1.165, 1.54) is 18.9 Å². The predicted molar refractivity (Wildman–Crippen MR) is 78.7 cm³/mol. The summed E-state index contributed by atoms with van der Waals surface area (Å²) in [4.78, 5) is 14.8. The molecule has 1 fully saturated rings. The maximum atomic E-state index is 10.9. The highest BCUT2D eigenvalue weighted by molar-refractivity contribution is 5.80. The standard InChI is InChI=1S/C14H20N4O2/c1-15-14(17-12-7-3-4-8-12)16-10-11-6-2-5-9-13(11)18(19)20/h2,5-6,9,12H,3-4,7-8,10H2,1H3,(H2,15,16,17). The zero-order valence-electron chi connectivity index (χ0n) is 11.6. The van der Waals surface area contributed by atoms with Gasteiger partial charge in [-0.25, -0.2) is 0 Å². The lowest BCUT2D eigenvalue weighted by atomic mass is 10.2. The number of benzene rings is 1.